The lowest BCUT2D eigenvalue weighted by Crippen LogP contribution is -2.30. The number of fused-ring (bicyclic) bond motifs is 1. The van der Waals surface area contributed by atoms with Crippen molar-refractivity contribution in [3.05, 3.63) is 11.4 Å². The molecule has 0 atom stereocenters. The Bertz CT molecular complexity index is 283. The topological polar surface area (TPSA) is 34.0 Å². The third-order valence-electron chi connectivity index (χ3n) is 2.29. The molecule has 0 N–H and O–H groups in total. The molecule has 1 aliphatic heterocycles. The van der Waals surface area contributed by atoms with E-state index >= 15 is 0 Å². The highest BCUT2D eigenvalue weighted by Crippen LogP contribution is 2.17. The Kier molecular flexibility index (Phi) is 2.31. The van der Waals surface area contributed by atoms with E-state index in [0.29, 0.717) is 0 Å². The van der Waals surface area contributed by atoms with Crippen molar-refractivity contribution in [1.29, 1.82) is 0 Å². The molecule has 0 bridgehead atoms. The maximum Gasteiger partial charge on any atom is 0.101 e. The van der Waals surface area contributed by atoms with E-state index in [1.807, 2.05) is 2.90 Å². The van der Waals surface area contributed by atoms with Crippen molar-refractivity contribution in [1.82, 2.24) is 18.1 Å². The Morgan fingerprint density at radius 2 is 2.42 bits per heavy atom. The van der Waals surface area contributed by atoms with Gasteiger partial charge in [-0.2, -0.15) is 2.90 Å². The van der Waals surface area contributed by atoms with Gasteiger partial charge in [-0.1, -0.05) is 12.1 Å². The first-order valence-electron chi connectivity index (χ1n) is 4.13. The van der Waals surface area contributed by atoms with Crippen molar-refractivity contribution in [3.63, 3.8) is 0 Å². The molecule has 0 amide bonds. The predicted octanol–water partition coefficient (Wildman–Crippen LogP) is 0.854. The van der Waals surface area contributed by atoms with Crippen molar-refractivity contribution >= 4 is 22.9 Å². The van der Waals surface area contributed by atoms with Gasteiger partial charge in [-0.25, -0.2) is 0 Å². The van der Waals surface area contributed by atoms with Crippen LogP contribution in [0.25, 0.3) is 0 Å². The second-order valence-corrected chi connectivity index (χ2v) is 3.88. The molecule has 0 radical (unpaired) electrons. The Hall–Kier alpha value is -0.170. The van der Waals surface area contributed by atoms with Crippen LogP contribution in [0.2, 0.25) is 0 Å². The minimum Gasteiger partial charge on any atom is -0.297 e. The fourth-order valence-corrected chi connectivity index (χ4v) is 2.11. The van der Waals surface area contributed by atoms with E-state index < -0.39 is 0 Å². The van der Waals surface area contributed by atoms with Crippen LogP contribution in [0.4, 0.5) is 0 Å². The van der Waals surface area contributed by atoms with E-state index in [0.717, 1.165) is 31.7 Å². The summed E-state index contributed by atoms with van der Waals surface area (Å²) in [6.45, 7) is 5.39. The summed E-state index contributed by atoms with van der Waals surface area (Å²) in [5.41, 5.74) is 2.44. The molecule has 2 heterocycles. The van der Waals surface area contributed by atoms with Gasteiger partial charge < -0.3 is 0 Å². The number of rotatable bonds is 1. The van der Waals surface area contributed by atoms with Gasteiger partial charge in [0, 0.05) is 19.5 Å². The van der Waals surface area contributed by atoms with E-state index in [2.05, 4.69) is 45.0 Å². The summed E-state index contributed by atoms with van der Waals surface area (Å²) in [6, 6.07) is 0. The molecule has 0 aliphatic carbocycles. The van der Waals surface area contributed by atoms with Crippen molar-refractivity contribution < 1.29 is 0 Å². The number of aromatic nitrogens is 3. The summed E-state index contributed by atoms with van der Waals surface area (Å²) in [7, 11) is 0. The Morgan fingerprint density at radius 3 is 3.17 bits per heavy atom. The fraction of sp³-hybridized carbons (Fsp3) is 0.714. The average Bonchev–Trinajstić information content (AvgIpc) is 2.47. The summed E-state index contributed by atoms with van der Waals surface area (Å²) < 4.78 is 1.86. The van der Waals surface area contributed by atoms with Gasteiger partial charge in [-0.3, -0.25) is 4.90 Å². The van der Waals surface area contributed by atoms with Crippen LogP contribution in [0.5, 0.6) is 0 Å². The molecule has 4 nitrogen and oxygen atoms in total. The van der Waals surface area contributed by atoms with Gasteiger partial charge in [0.2, 0.25) is 0 Å². The monoisotopic (exact) mass is 278 g/mol. The SMILES string of the molecule is CCN1CCc2c(nnn2I)C1. The second-order valence-electron chi connectivity index (χ2n) is 2.96. The Balaban J connectivity index is 2.24. The lowest BCUT2D eigenvalue weighted by Gasteiger charge is -2.23. The zero-order chi connectivity index (χ0) is 8.55. The molecule has 1 aromatic rings. The van der Waals surface area contributed by atoms with Gasteiger partial charge >= 0.3 is 0 Å². The Labute approximate surface area is 85.4 Å². The third kappa shape index (κ3) is 1.35. The Morgan fingerprint density at radius 1 is 1.58 bits per heavy atom. The van der Waals surface area contributed by atoms with Crippen LogP contribution < -0.4 is 0 Å². The van der Waals surface area contributed by atoms with Crippen LogP contribution >= 0.6 is 22.9 Å². The molecule has 5 heteroatoms. The molecule has 0 fully saturated rings. The molecule has 66 valence electrons. The summed E-state index contributed by atoms with van der Waals surface area (Å²) in [5, 5.41) is 8.11. The van der Waals surface area contributed by atoms with E-state index in [1.54, 1.807) is 0 Å². The number of hydrogen-bond donors (Lipinski definition) is 0. The molecule has 0 aromatic carbocycles. The molecule has 0 saturated heterocycles. The molecule has 0 saturated carbocycles. The molecule has 2 rings (SSSR count). The van der Waals surface area contributed by atoms with E-state index in [9.17, 15) is 0 Å². The second kappa shape index (κ2) is 3.29. The van der Waals surface area contributed by atoms with E-state index in [4.69, 9.17) is 0 Å². The molecule has 1 aliphatic rings. The average molecular weight is 278 g/mol. The molecule has 0 spiro atoms. The van der Waals surface area contributed by atoms with Crippen LogP contribution in [0.3, 0.4) is 0 Å². The van der Waals surface area contributed by atoms with Crippen molar-refractivity contribution in [2.75, 3.05) is 13.1 Å². The number of hydrogen-bond acceptors (Lipinski definition) is 3. The highest BCUT2D eigenvalue weighted by Gasteiger charge is 2.19. The highest BCUT2D eigenvalue weighted by molar-refractivity contribution is 14.1. The first-order valence-corrected chi connectivity index (χ1v) is 5.09. The first kappa shape index (κ1) is 8.43. The van der Waals surface area contributed by atoms with Gasteiger partial charge in [0.15, 0.2) is 0 Å². The largest absolute Gasteiger partial charge is 0.297 e. The lowest BCUT2D eigenvalue weighted by molar-refractivity contribution is 0.263. The molecular formula is C7H11IN4. The molecule has 0 unspecified atom stereocenters. The maximum absolute atomic E-state index is 4.12. The number of likely N-dealkylation sites (N-methyl/N-ethyl adjacent to an activating group) is 1. The molecule has 12 heavy (non-hydrogen) atoms. The van der Waals surface area contributed by atoms with Gasteiger partial charge in [0.25, 0.3) is 0 Å². The van der Waals surface area contributed by atoms with Gasteiger partial charge in [-0.05, 0) is 6.54 Å². The van der Waals surface area contributed by atoms with Gasteiger partial charge in [-0.15, -0.1) is 5.10 Å². The molecule has 1 aromatic heterocycles. The van der Waals surface area contributed by atoms with E-state index in [1.165, 1.54) is 5.69 Å². The molecular weight excluding hydrogens is 267 g/mol. The van der Waals surface area contributed by atoms with E-state index in [-0.39, 0.29) is 0 Å². The van der Waals surface area contributed by atoms with Crippen LogP contribution in [0.15, 0.2) is 0 Å². The quantitative estimate of drug-likeness (QED) is 0.714. The zero-order valence-electron chi connectivity index (χ0n) is 7.00. The minimum atomic E-state index is 0.967. The fourth-order valence-electron chi connectivity index (χ4n) is 1.50. The predicted molar refractivity (Wildman–Crippen MR) is 54.1 cm³/mol. The number of nitrogens with zero attached hydrogens (tertiary/aromatic N) is 4. The van der Waals surface area contributed by atoms with Crippen LogP contribution in [0.1, 0.15) is 18.3 Å². The minimum absolute atomic E-state index is 0.967. The lowest BCUT2D eigenvalue weighted by atomic mass is 10.1. The summed E-state index contributed by atoms with van der Waals surface area (Å²) in [5.74, 6) is 0. The summed E-state index contributed by atoms with van der Waals surface area (Å²) >= 11 is 2.18. The third-order valence-corrected chi connectivity index (χ3v) is 3.06. The van der Waals surface area contributed by atoms with Crippen molar-refractivity contribution in [3.8, 4) is 0 Å². The zero-order valence-corrected chi connectivity index (χ0v) is 9.15. The van der Waals surface area contributed by atoms with Gasteiger partial charge in [0.05, 0.1) is 28.6 Å². The highest BCUT2D eigenvalue weighted by atomic mass is 127. The van der Waals surface area contributed by atoms with Crippen LogP contribution in [0, 0.1) is 0 Å². The smallest absolute Gasteiger partial charge is 0.101 e. The van der Waals surface area contributed by atoms with Crippen LogP contribution in [-0.4, -0.2) is 31.2 Å². The first-order chi connectivity index (χ1) is 5.81. The van der Waals surface area contributed by atoms with Crippen LogP contribution in [-0.2, 0) is 13.0 Å². The van der Waals surface area contributed by atoms with Crippen molar-refractivity contribution in [2.45, 2.75) is 19.9 Å². The number of halogens is 1. The normalized spacial score (nSPS) is 17.8. The standard InChI is InChI=1S/C7H11IN4/c1-2-11-4-3-7-6(5-11)9-10-12(7)8/h2-5H2,1H3. The van der Waals surface area contributed by atoms with Gasteiger partial charge in [0.1, 0.15) is 5.69 Å². The maximum atomic E-state index is 4.12. The summed E-state index contributed by atoms with van der Waals surface area (Å²) in [6.07, 6.45) is 1.08. The summed E-state index contributed by atoms with van der Waals surface area (Å²) in [4.78, 5) is 2.38. The van der Waals surface area contributed by atoms with Crippen molar-refractivity contribution in [2.24, 2.45) is 0 Å².